The quantitative estimate of drug-likeness (QED) is 0.556. The van der Waals surface area contributed by atoms with E-state index in [1.165, 1.54) is 10.8 Å². The molecule has 0 aliphatic rings. The van der Waals surface area contributed by atoms with E-state index < -0.39 is 11.4 Å². The van der Waals surface area contributed by atoms with Crippen LogP contribution in [0.25, 0.3) is 0 Å². The summed E-state index contributed by atoms with van der Waals surface area (Å²) in [4.78, 5) is 0. The van der Waals surface area contributed by atoms with Crippen LogP contribution in [0.5, 0.6) is 0 Å². The van der Waals surface area contributed by atoms with Crippen LogP contribution in [0, 0.1) is 5.92 Å². The number of rotatable bonds is 6. The lowest BCUT2D eigenvalue weighted by atomic mass is 9.96. The molecule has 2 atom stereocenters. The average Bonchev–Trinajstić information content (AvgIpc) is 2.12. The van der Waals surface area contributed by atoms with Crippen LogP contribution in [-0.2, 0) is 0 Å². The Hall–Kier alpha value is 0.490. The Morgan fingerprint density at radius 1 is 1.06 bits per heavy atom. The Bertz CT molecular complexity index is 209. The highest BCUT2D eigenvalue weighted by atomic mass is 33.1. The first-order chi connectivity index (χ1) is 7.61. The summed E-state index contributed by atoms with van der Waals surface area (Å²) in [6.07, 6.45) is -2.04. The second kappa shape index (κ2) is 7.17. The predicted molar refractivity (Wildman–Crippen MR) is 73.5 cm³/mol. The van der Waals surface area contributed by atoms with Crippen LogP contribution in [0.4, 0.5) is 13.2 Å². The van der Waals surface area contributed by atoms with Crippen molar-refractivity contribution in [2.75, 3.05) is 0 Å². The van der Waals surface area contributed by atoms with Crippen molar-refractivity contribution in [3.05, 3.63) is 0 Å². The van der Waals surface area contributed by atoms with Gasteiger partial charge in [0.15, 0.2) is 0 Å². The summed E-state index contributed by atoms with van der Waals surface area (Å²) in [6, 6.07) is 0. The van der Waals surface area contributed by atoms with Gasteiger partial charge in [0, 0.05) is 4.75 Å². The maximum absolute atomic E-state index is 13.0. The molecule has 0 bridgehead atoms. The lowest BCUT2D eigenvalue weighted by molar-refractivity contribution is -0.138. The van der Waals surface area contributed by atoms with Gasteiger partial charge in [-0.3, -0.25) is 0 Å². The fourth-order valence-corrected chi connectivity index (χ4v) is 4.50. The van der Waals surface area contributed by atoms with Gasteiger partial charge in [-0.2, -0.15) is 13.2 Å². The Labute approximate surface area is 111 Å². The molecule has 104 valence electrons. The Balaban J connectivity index is 4.64. The van der Waals surface area contributed by atoms with Crippen LogP contribution in [0.2, 0.25) is 0 Å². The molecule has 0 amide bonds. The summed E-state index contributed by atoms with van der Waals surface area (Å²) >= 11 is 0. The van der Waals surface area contributed by atoms with Crippen LogP contribution >= 0.6 is 21.6 Å². The van der Waals surface area contributed by atoms with E-state index in [2.05, 4.69) is 0 Å². The second-order valence-corrected chi connectivity index (χ2v) is 8.38. The van der Waals surface area contributed by atoms with E-state index in [9.17, 15) is 13.2 Å². The molecule has 0 rings (SSSR count). The monoisotopic (exact) mass is 288 g/mol. The minimum Gasteiger partial charge on any atom is -0.170 e. The summed E-state index contributed by atoms with van der Waals surface area (Å²) in [6.45, 7) is 9.62. The molecule has 0 aromatic rings. The molecule has 17 heavy (non-hydrogen) atoms. The minimum absolute atomic E-state index is 0.140. The van der Waals surface area contributed by atoms with Crippen LogP contribution in [0.1, 0.15) is 53.9 Å². The molecule has 0 heterocycles. The van der Waals surface area contributed by atoms with Crippen LogP contribution in [0.15, 0.2) is 0 Å². The van der Waals surface area contributed by atoms with Crippen molar-refractivity contribution in [1.29, 1.82) is 0 Å². The van der Waals surface area contributed by atoms with E-state index in [0.717, 1.165) is 17.2 Å². The first kappa shape index (κ1) is 17.5. The van der Waals surface area contributed by atoms with E-state index in [1.54, 1.807) is 0 Å². The third-order valence-electron chi connectivity index (χ3n) is 2.34. The minimum atomic E-state index is -4.10. The SMILES string of the molecule is CCCC(CC)[C@H](SSC(C)(C)C)C(F)(F)F. The van der Waals surface area contributed by atoms with E-state index in [-0.39, 0.29) is 10.7 Å². The predicted octanol–water partition coefficient (Wildman–Crippen LogP) is 5.92. The molecule has 0 aliphatic carbocycles. The zero-order chi connectivity index (χ0) is 13.7. The highest BCUT2D eigenvalue weighted by Crippen LogP contribution is 2.47. The highest BCUT2D eigenvalue weighted by molar-refractivity contribution is 8.77. The van der Waals surface area contributed by atoms with E-state index in [1.807, 2.05) is 34.6 Å². The van der Waals surface area contributed by atoms with Crippen molar-refractivity contribution in [3.8, 4) is 0 Å². The molecular formula is C12H23F3S2. The highest BCUT2D eigenvalue weighted by Gasteiger charge is 2.44. The Morgan fingerprint density at radius 3 is 1.88 bits per heavy atom. The van der Waals surface area contributed by atoms with Crippen LogP contribution in [0.3, 0.4) is 0 Å². The van der Waals surface area contributed by atoms with Gasteiger partial charge in [0.05, 0.1) is 0 Å². The third-order valence-corrected chi connectivity index (χ3v) is 6.20. The van der Waals surface area contributed by atoms with E-state index in [0.29, 0.717) is 12.8 Å². The Morgan fingerprint density at radius 2 is 1.59 bits per heavy atom. The smallest absolute Gasteiger partial charge is 0.170 e. The molecular weight excluding hydrogens is 265 g/mol. The normalized spacial score (nSPS) is 16.9. The van der Waals surface area contributed by atoms with Gasteiger partial charge in [-0.25, -0.2) is 0 Å². The van der Waals surface area contributed by atoms with Gasteiger partial charge < -0.3 is 0 Å². The number of hydrogen-bond donors (Lipinski definition) is 0. The number of halogens is 3. The standard InChI is InChI=1S/C12H23F3S2/c1-6-8-9(7-2)10(12(13,14)15)16-17-11(3,4)5/h9-10H,6-8H2,1-5H3/t9?,10-/m0/s1. The third kappa shape index (κ3) is 7.50. The fraction of sp³-hybridized carbons (Fsp3) is 1.00. The molecule has 0 saturated heterocycles. The molecule has 1 unspecified atom stereocenters. The largest absolute Gasteiger partial charge is 0.401 e. The van der Waals surface area contributed by atoms with Crippen molar-refractivity contribution in [2.45, 2.75) is 70.1 Å². The molecule has 0 aliphatic heterocycles. The van der Waals surface area contributed by atoms with Gasteiger partial charge in [0.1, 0.15) is 5.25 Å². The molecule has 0 fully saturated rings. The van der Waals surface area contributed by atoms with Crippen molar-refractivity contribution in [1.82, 2.24) is 0 Å². The molecule has 0 radical (unpaired) electrons. The van der Waals surface area contributed by atoms with Crippen LogP contribution in [-0.4, -0.2) is 16.2 Å². The maximum Gasteiger partial charge on any atom is 0.401 e. The van der Waals surface area contributed by atoms with Gasteiger partial charge >= 0.3 is 6.18 Å². The first-order valence-corrected chi connectivity index (χ1v) is 8.24. The molecule has 5 heteroatoms. The van der Waals surface area contributed by atoms with Gasteiger partial charge in [-0.15, -0.1) is 0 Å². The van der Waals surface area contributed by atoms with E-state index in [4.69, 9.17) is 0 Å². The Kier molecular flexibility index (Phi) is 7.38. The zero-order valence-corrected chi connectivity index (χ0v) is 12.9. The fourth-order valence-electron chi connectivity index (χ4n) is 1.54. The maximum atomic E-state index is 13.0. The zero-order valence-electron chi connectivity index (χ0n) is 11.2. The second-order valence-electron chi connectivity index (χ2n) is 5.21. The summed E-state index contributed by atoms with van der Waals surface area (Å²) in [5, 5.41) is -1.24. The molecule has 0 nitrogen and oxygen atoms in total. The number of hydrogen-bond acceptors (Lipinski definition) is 2. The molecule has 0 saturated carbocycles. The number of alkyl halides is 3. The lowest BCUT2D eigenvalue weighted by Crippen LogP contribution is -2.33. The molecule has 0 aromatic heterocycles. The van der Waals surface area contributed by atoms with Gasteiger partial charge in [-0.1, -0.05) is 69.0 Å². The summed E-state index contributed by atoms with van der Waals surface area (Å²) in [5.74, 6) is -0.264. The van der Waals surface area contributed by atoms with Crippen molar-refractivity contribution >= 4 is 21.6 Å². The topological polar surface area (TPSA) is 0 Å². The molecule has 0 spiro atoms. The summed E-state index contributed by atoms with van der Waals surface area (Å²) < 4.78 is 38.9. The summed E-state index contributed by atoms with van der Waals surface area (Å²) in [5.41, 5.74) is 0. The van der Waals surface area contributed by atoms with Crippen molar-refractivity contribution in [3.63, 3.8) is 0 Å². The van der Waals surface area contributed by atoms with E-state index >= 15 is 0 Å². The first-order valence-electron chi connectivity index (χ1n) is 6.03. The molecule has 0 N–H and O–H groups in total. The van der Waals surface area contributed by atoms with Crippen molar-refractivity contribution < 1.29 is 13.2 Å². The van der Waals surface area contributed by atoms with Gasteiger partial charge in [0.2, 0.25) is 0 Å². The molecule has 0 aromatic carbocycles. The lowest BCUT2D eigenvalue weighted by Gasteiger charge is -2.29. The van der Waals surface area contributed by atoms with Gasteiger partial charge in [-0.05, 0) is 12.3 Å². The average molecular weight is 288 g/mol. The van der Waals surface area contributed by atoms with Crippen molar-refractivity contribution in [2.24, 2.45) is 5.92 Å². The van der Waals surface area contributed by atoms with Gasteiger partial charge in [0.25, 0.3) is 0 Å². The van der Waals surface area contributed by atoms with Crippen LogP contribution < -0.4 is 0 Å². The summed E-state index contributed by atoms with van der Waals surface area (Å²) in [7, 11) is 2.33.